The summed E-state index contributed by atoms with van der Waals surface area (Å²) in [5.41, 5.74) is 2.45. The smallest absolute Gasteiger partial charge is 0.261 e. The van der Waals surface area contributed by atoms with Crippen LogP contribution in [0.25, 0.3) is 5.69 Å². The first-order valence-electron chi connectivity index (χ1n) is 8.19. The molecule has 0 aliphatic carbocycles. The molecular formula is C20H18N4O2. The molecule has 6 heteroatoms. The summed E-state index contributed by atoms with van der Waals surface area (Å²) in [6.07, 6.45) is 2.94. The summed E-state index contributed by atoms with van der Waals surface area (Å²) in [7, 11) is 0. The summed E-state index contributed by atoms with van der Waals surface area (Å²) < 4.78 is 7.38. The highest BCUT2D eigenvalue weighted by Gasteiger charge is 2.14. The lowest BCUT2D eigenvalue weighted by Gasteiger charge is -2.15. The zero-order chi connectivity index (χ0) is 18.4. The maximum atomic E-state index is 12.3. The molecule has 1 amide bonds. The van der Waals surface area contributed by atoms with Gasteiger partial charge in [-0.15, -0.1) is 0 Å². The van der Waals surface area contributed by atoms with Gasteiger partial charge in [-0.2, -0.15) is 10.4 Å². The van der Waals surface area contributed by atoms with E-state index in [2.05, 4.69) is 10.4 Å². The number of nitrogens with zero attached hydrogens (tertiary/aromatic N) is 3. The normalized spacial score (nSPS) is 11.4. The molecule has 3 rings (SSSR count). The SMILES string of the molecule is C[C@@H](Oc1ccc(C#N)cc1)C(=O)NCc1cccc(-n2cccn2)c1. The molecule has 6 nitrogen and oxygen atoms in total. The Morgan fingerprint density at radius 2 is 2.08 bits per heavy atom. The molecule has 130 valence electrons. The van der Waals surface area contributed by atoms with Crippen LogP contribution < -0.4 is 10.1 Å². The van der Waals surface area contributed by atoms with Crippen molar-refractivity contribution in [1.29, 1.82) is 5.26 Å². The Bertz CT molecular complexity index is 912. The molecule has 0 aliphatic heterocycles. The molecule has 0 bridgehead atoms. The molecule has 0 radical (unpaired) electrons. The predicted octanol–water partition coefficient (Wildman–Crippen LogP) is 2.83. The third-order valence-corrected chi connectivity index (χ3v) is 3.81. The lowest BCUT2D eigenvalue weighted by atomic mass is 10.2. The fourth-order valence-electron chi connectivity index (χ4n) is 2.43. The van der Waals surface area contributed by atoms with Gasteiger partial charge in [0.2, 0.25) is 0 Å². The number of hydrogen-bond acceptors (Lipinski definition) is 4. The quantitative estimate of drug-likeness (QED) is 0.744. The number of rotatable bonds is 6. The maximum absolute atomic E-state index is 12.3. The van der Waals surface area contributed by atoms with Gasteiger partial charge in [0.05, 0.1) is 17.3 Å². The fraction of sp³-hybridized carbons (Fsp3) is 0.150. The van der Waals surface area contributed by atoms with Crippen molar-refractivity contribution in [2.24, 2.45) is 0 Å². The van der Waals surface area contributed by atoms with Gasteiger partial charge in [-0.25, -0.2) is 4.68 Å². The number of ether oxygens (including phenoxy) is 1. The third-order valence-electron chi connectivity index (χ3n) is 3.81. The van der Waals surface area contributed by atoms with E-state index in [0.717, 1.165) is 11.3 Å². The van der Waals surface area contributed by atoms with E-state index < -0.39 is 6.10 Å². The van der Waals surface area contributed by atoms with E-state index >= 15 is 0 Å². The van der Waals surface area contributed by atoms with Crippen molar-refractivity contribution in [3.05, 3.63) is 78.1 Å². The average Bonchev–Trinajstić information content (AvgIpc) is 3.22. The number of carbonyl (C=O) groups is 1. The van der Waals surface area contributed by atoms with E-state index in [9.17, 15) is 4.79 Å². The fourth-order valence-corrected chi connectivity index (χ4v) is 2.43. The Hall–Kier alpha value is -3.59. The molecule has 0 unspecified atom stereocenters. The summed E-state index contributed by atoms with van der Waals surface area (Å²) in [4.78, 5) is 12.3. The molecule has 3 aromatic rings. The van der Waals surface area contributed by atoms with Crippen LogP contribution in [-0.4, -0.2) is 21.8 Å². The van der Waals surface area contributed by atoms with Crippen LogP contribution in [0, 0.1) is 11.3 Å². The molecule has 2 aromatic carbocycles. The van der Waals surface area contributed by atoms with Crippen molar-refractivity contribution < 1.29 is 9.53 Å². The standard InChI is InChI=1S/C20H18N4O2/c1-15(26-19-8-6-16(13-21)7-9-19)20(25)22-14-17-4-2-5-18(12-17)24-11-3-10-23-24/h2-12,15H,14H2,1H3,(H,22,25)/t15-/m1/s1. The van der Waals surface area contributed by atoms with E-state index in [0.29, 0.717) is 17.9 Å². The third kappa shape index (κ3) is 4.28. The monoisotopic (exact) mass is 346 g/mol. The summed E-state index contributed by atoms with van der Waals surface area (Å²) >= 11 is 0. The minimum Gasteiger partial charge on any atom is -0.481 e. The van der Waals surface area contributed by atoms with Gasteiger partial charge in [0.15, 0.2) is 6.10 Å². The number of carbonyl (C=O) groups excluding carboxylic acids is 1. The maximum Gasteiger partial charge on any atom is 0.261 e. The number of benzene rings is 2. The predicted molar refractivity (Wildman–Crippen MR) is 96.7 cm³/mol. The van der Waals surface area contributed by atoms with E-state index in [4.69, 9.17) is 10.00 Å². The van der Waals surface area contributed by atoms with Crippen LogP contribution in [0.1, 0.15) is 18.1 Å². The molecule has 0 saturated carbocycles. The van der Waals surface area contributed by atoms with Crippen molar-refractivity contribution in [2.75, 3.05) is 0 Å². The van der Waals surface area contributed by atoms with Gasteiger partial charge < -0.3 is 10.1 Å². The van der Waals surface area contributed by atoms with Crippen LogP contribution in [0.2, 0.25) is 0 Å². The van der Waals surface area contributed by atoms with Crippen molar-refractivity contribution in [3.63, 3.8) is 0 Å². The number of aromatic nitrogens is 2. The van der Waals surface area contributed by atoms with Gasteiger partial charge in [0.25, 0.3) is 5.91 Å². The second-order valence-electron chi connectivity index (χ2n) is 5.73. The molecule has 1 atom stereocenters. The van der Waals surface area contributed by atoms with E-state index in [1.54, 1.807) is 42.1 Å². The highest BCUT2D eigenvalue weighted by atomic mass is 16.5. The Morgan fingerprint density at radius 1 is 1.27 bits per heavy atom. The summed E-state index contributed by atoms with van der Waals surface area (Å²) in [5.74, 6) is 0.339. The Morgan fingerprint density at radius 3 is 2.77 bits per heavy atom. The lowest BCUT2D eigenvalue weighted by molar-refractivity contribution is -0.127. The highest BCUT2D eigenvalue weighted by molar-refractivity contribution is 5.80. The largest absolute Gasteiger partial charge is 0.481 e. The molecule has 1 heterocycles. The number of nitriles is 1. The van der Waals surface area contributed by atoms with Crippen LogP contribution in [-0.2, 0) is 11.3 Å². The number of hydrogen-bond donors (Lipinski definition) is 1. The van der Waals surface area contributed by atoms with E-state index in [1.807, 2.05) is 42.6 Å². The first-order valence-corrected chi connectivity index (χ1v) is 8.19. The molecule has 26 heavy (non-hydrogen) atoms. The number of nitrogens with one attached hydrogen (secondary N) is 1. The van der Waals surface area contributed by atoms with E-state index in [1.165, 1.54) is 0 Å². The summed E-state index contributed by atoms with van der Waals surface area (Å²) in [6.45, 7) is 2.09. The van der Waals surface area contributed by atoms with E-state index in [-0.39, 0.29) is 5.91 Å². The molecular weight excluding hydrogens is 328 g/mol. The van der Waals surface area contributed by atoms with Crippen molar-refractivity contribution in [1.82, 2.24) is 15.1 Å². The van der Waals surface area contributed by atoms with Crippen molar-refractivity contribution >= 4 is 5.91 Å². The average molecular weight is 346 g/mol. The van der Waals surface area contributed by atoms with Crippen LogP contribution in [0.4, 0.5) is 0 Å². The van der Waals surface area contributed by atoms with Gasteiger partial charge in [-0.1, -0.05) is 12.1 Å². The van der Waals surface area contributed by atoms with Gasteiger partial charge >= 0.3 is 0 Å². The molecule has 0 aliphatic rings. The second-order valence-corrected chi connectivity index (χ2v) is 5.73. The Balaban J connectivity index is 1.56. The summed E-state index contributed by atoms with van der Waals surface area (Å²) in [5, 5.41) is 15.9. The second kappa shape index (κ2) is 7.99. The minimum atomic E-state index is -0.641. The van der Waals surface area contributed by atoms with Crippen LogP contribution in [0.15, 0.2) is 67.0 Å². The topological polar surface area (TPSA) is 79.9 Å². The Labute approximate surface area is 151 Å². The van der Waals surface area contributed by atoms with Gasteiger partial charge in [-0.3, -0.25) is 4.79 Å². The summed E-state index contributed by atoms with van der Waals surface area (Å²) in [6, 6.07) is 18.4. The Kier molecular flexibility index (Phi) is 5.30. The highest BCUT2D eigenvalue weighted by Crippen LogP contribution is 2.14. The first kappa shape index (κ1) is 17.2. The number of amides is 1. The first-order chi connectivity index (χ1) is 12.7. The zero-order valence-electron chi connectivity index (χ0n) is 14.3. The van der Waals surface area contributed by atoms with Crippen LogP contribution in [0.3, 0.4) is 0 Å². The van der Waals surface area contributed by atoms with Crippen molar-refractivity contribution in [3.8, 4) is 17.5 Å². The molecule has 0 fully saturated rings. The van der Waals surface area contributed by atoms with Crippen LogP contribution in [0.5, 0.6) is 5.75 Å². The zero-order valence-corrected chi connectivity index (χ0v) is 14.3. The lowest BCUT2D eigenvalue weighted by Crippen LogP contribution is -2.35. The molecule has 1 N–H and O–H groups in total. The minimum absolute atomic E-state index is 0.209. The molecule has 1 aromatic heterocycles. The van der Waals surface area contributed by atoms with Gasteiger partial charge in [0.1, 0.15) is 5.75 Å². The molecule has 0 saturated heterocycles. The molecule has 0 spiro atoms. The van der Waals surface area contributed by atoms with Crippen molar-refractivity contribution in [2.45, 2.75) is 19.6 Å². The van der Waals surface area contributed by atoms with Gasteiger partial charge in [0, 0.05) is 18.9 Å². The van der Waals surface area contributed by atoms with Gasteiger partial charge in [-0.05, 0) is 55.0 Å². The van der Waals surface area contributed by atoms with Crippen LogP contribution >= 0.6 is 0 Å².